The van der Waals surface area contributed by atoms with Gasteiger partial charge in [-0.15, -0.1) is 0 Å². The molecule has 5 rings (SSSR count). The molecule has 1 amide bonds. The fourth-order valence-corrected chi connectivity index (χ4v) is 4.48. The van der Waals surface area contributed by atoms with Crippen LogP contribution in [0.1, 0.15) is 17.5 Å². The van der Waals surface area contributed by atoms with Gasteiger partial charge in [-0.2, -0.15) is 0 Å². The van der Waals surface area contributed by atoms with Gasteiger partial charge in [0.1, 0.15) is 11.5 Å². The molecule has 6 nitrogen and oxygen atoms in total. The highest BCUT2D eigenvalue weighted by Gasteiger charge is 2.31. The normalized spacial score (nSPS) is 18.7. The van der Waals surface area contributed by atoms with Crippen molar-refractivity contribution in [2.75, 3.05) is 39.4 Å². The zero-order valence-electron chi connectivity index (χ0n) is 18.4. The summed E-state index contributed by atoms with van der Waals surface area (Å²) in [5.41, 5.74) is 3.61. The number of morpholine rings is 1. The minimum Gasteiger partial charge on any atom is -0.379 e. The van der Waals surface area contributed by atoms with Gasteiger partial charge in [-0.25, -0.2) is 4.99 Å². The lowest BCUT2D eigenvalue weighted by Gasteiger charge is -2.27. The number of aliphatic imine (C=N–C) groups is 1. The van der Waals surface area contributed by atoms with Crippen LogP contribution in [0, 0.1) is 0 Å². The Hall–Kier alpha value is -3.22. The van der Waals surface area contributed by atoms with Crippen molar-refractivity contribution in [3.05, 3.63) is 77.6 Å². The number of ether oxygens (including phenoxy) is 1. The van der Waals surface area contributed by atoms with Crippen LogP contribution >= 0.6 is 0 Å². The number of aryl methyl sites for hydroxylation is 1. The summed E-state index contributed by atoms with van der Waals surface area (Å²) in [6.45, 7) is 5.10. The van der Waals surface area contributed by atoms with Crippen molar-refractivity contribution in [3.8, 4) is 0 Å². The van der Waals surface area contributed by atoms with E-state index in [9.17, 15) is 4.79 Å². The third kappa shape index (κ3) is 4.11. The molecule has 3 heterocycles. The number of carbonyl (C=O) groups is 1. The Morgan fingerprint density at radius 3 is 2.56 bits per heavy atom. The van der Waals surface area contributed by atoms with Crippen LogP contribution in [-0.2, 0) is 16.6 Å². The summed E-state index contributed by atoms with van der Waals surface area (Å²) < 4.78 is 7.53. The van der Waals surface area contributed by atoms with E-state index in [1.165, 1.54) is 0 Å². The topological polar surface area (TPSA) is 50.1 Å². The van der Waals surface area contributed by atoms with Crippen LogP contribution in [0.2, 0.25) is 0 Å². The SMILES string of the molecule is Cn1cc(/C=C2\N=C(c3ccccc3)N(CCCN3CCOCC3)C2=O)c2ccccc21. The lowest BCUT2D eigenvalue weighted by atomic mass is 10.1. The molecule has 3 aromatic rings. The van der Waals surface area contributed by atoms with Gasteiger partial charge < -0.3 is 9.30 Å². The van der Waals surface area contributed by atoms with Gasteiger partial charge in [-0.3, -0.25) is 14.6 Å². The highest BCUT2D eigenvalue weighted by atomic mass is 16.5. The van der Waals surface area contributed by atoms with Crippen molar-refractivity contribution >= 4 is 28.7 Å². The van der Waals surface area contributed by atoms with E-state index in [4.69, 9.17) is 9.73 Å². The Kier molecular flexibility index (Phi) is 5.88. The summed E-state index contributed by atoms with van der Waals surface area (Å²) in [6.07, 6.45) is 4.89. The zero-order valence-corrected chi connectivity index (χ0v) is 18.4. The molecule has 1 saturated heterocycles. The zero-order chi connectivity index (χ0) is 21.9. The van der Waals surface area contributed by atoms with Gasteiger partial charge in [0.15, 0.2) is 0 Å². The van der Waals surface area contributed by atoms with Gasteiger partial charge in [0.2, 0.25) is 0 Å². The predicted octanol–water partition coefficient (Wildman–Crippen LogP) is 3.53. The van der Waals surface area contributed by atoms with Gasteiger partial charge in [-0.05, 0) is 18.6 Å². The summed E-state index contributed by atoms with van der Waals surface area (Å²) in [7, 11) is 2.03. The fourth-order valence-electron chi connectivity index (χ4n) is 4.48. The van der Waals surface area contributed by atoms with Crippen molar-refractivity contribution in [1.82, 2.24) is 14.4 Å². The first-order valence-electron chi connectivity index (χ1n) is 11.2. The van der Waals surface area contributed by atoms with Crippen LogP contribution in [0.15, 0.2) is 71.5 Å². The molecule has 0 atom stereocenters. The van der Waals surface area contributed by atoms with Gasteiger partial charge in [0.05, 0.1) is 13.2 Å². The van der Waals surface area contributed by atoms with Crippen LogP contribution in [0.3, 0.4) is 0 Å². The lowest BCUT2D eigenvalue weighted by Crippen LogP contribution is -2.39. The van der Waals surface area contributed by atoms with Crippen molar-refractivity contribution in [1.29, 1.82) is 0 Å². The lowest BCUT2D eigenvalue weighted by molar-refractivity contribution is -0.122. The van der Waals surface area contributed by atoms with Crippen molar-refractivity contribution in [2.45, 2.75) is 6.42 Å². The number of carbonyl (C=O) groups excluding carboxylic acids is 1. The Labute approximate surface area is 188 Å². The molecular formula is C26H28N4O2. The Balaban J connectivity index is 1.42. The van der Waals surface area contributed by atoms with E-state index in [1.807, 2.05) is 60.5 Å². The first kappa shape index (κ1) is 20.7. The number of aromatic nitrogens is 1. The molecule has 164 valence electrons. The number of amides is 1. The third-order valence-corrected chi connectivity index (χ3v) is 6.16. The smallest absolute Gasteiger partial charge is 0.278 e. The number of para-hydroxylation sites is 1. The van der Waals surface area contributed by atoms with Gasteiger partial charge in [-0.1, -0.05) is 48.5 Å². The third-order valence-electron chi connectivity index (χ3n) is 6.16. The monoisotopic (exact) mass is 428 g/mol. The van der Waals surface area contributed by atoms with E-state index in [-0.39, 0.29) is 5.91 Å². The first-order valence-corrected chi connectivity index (χ1v) is 11.2. The number of amidine groups is 1. The Bertz CT molecular complexity index is 1170. The van der Waals surface area contributed by atoms with Crippen LogP contribution in [-0.4, -0.2) is 65.5 Å². The molecule has 0 unspecified atom stereocenters. The molecule has 2 aliphatic heterocycles. The van der Waals surface area contributed by atoms with Crippen molar-refractivity contribution < 1.29 is 9.53 Å². The quantitative estimate of drug-likeness (QED) is 0.565. The largest absolute Gasteiger partial charge is 0.379 e. The number of nitrogens with zero attached hydrogens (tertiary/aromatic N) is 4. The maximum absolute atomic E-state index is 13.4. The fraction of sp³-hybridized carbons (Fsp3) is 0.308. The van der Waals surface area contributed by atoms with E-state index < -0.39 is 0 Å². The van der Waals surface area contributed by atoms with E-state index in [2.05, 4.69) is 27.8 Å². The Morgan fingerprint density at radius 2 is 1.75 bits per heavy atom. The second-order valence-corrected chi connectivity index (χ2v) is 8.31. The van der Waals surface area contributed by atoms with Crippen LogP contribution in [0.25, 0.3) is 17.0 Å². The van der Waals surface area contributed by atoms with Crippen molar-refractivity contribution in [2.24, 2.45) is 12.0 Å². The highest BCUT2D eigenvalue weighted by molar-refractivity contribution is 6.20. The second-order valence-electron chi connectivity index (χ2n) is 8.31. The molecule has 1 fully saturated rings. The summed E-state index contributed by atoms with van der Waals surface area (Å²) >= 11 is 0. The molecule has 32 heavy (non-hydrogen) atoms. The maximum atomic E-state index is 13.4. The minimum atomic E-state index is -0.0289. The number of hydrogen-bond donors (Lipinski definition) is 0. The number of fused-ring (bicyclic) bond motifs is 1. The molecule has 2 aromatic carbocycles. The first-order chi connectivity index (χ1) is 15.7. The average molecular weight is 429 g/mol. The molecule has 0 radical (unpaired) electrons. The van der Waals surface area contributed by atoms with E-state index in [0.29, 0.717) is 12.2 Å². The van der Waals surface area contributed by atoms with E-state index in [1.54, 1.807) is 0 Å². The van der Waals surface area contributed by atoms with E-state index >= 15 is 0 Å². The highest BCUT2D eigenvalue weighted by Crippen LogP contribution is 2.27. The minimum absolute atomic E-state index is 0.0289. The summed E-state index contributed by atoms with van der Waals surface area (Å²) in [5.74, 6) is 0.711. The summed E-state index contributed by atoms with van der Waals surface area (Å²) in [4.78, 5) is 22.5. The number of benzene rings is 2. The van der Waals surface area contributed by atoms with Crippen LogP contribution < -0.4 is 0 Å². The molecule has 1 aromatic heterocycles. The van der Waals surface area contributed by atoms with Gasteiger partial charge in [0.25, 0.3) is 5.91 Å². The molecule has 0 saturated carbocycles. The molecule has 2 aliphatic rings. The van der Waals surface area contributed by atoms with E-state index in [0.717, 1.165) is 67.1 Å². The number of hydrogen-bond acceptors (Lipinski definition) is 4. The summed E-state index contributed by atoms with van der Waals surface area (Å²) in [5, 5.41) is 1.12. The molecule has 0 spiro atoms. The van der Waals surface area contributed by atoms with Crippen LogP contribution in [0.4, 0.5) is 0 Å². The van der Waals surface area contributed by atoms with Crippen molar-refractivity contribution in [3.63, 3.8) is 0 Å². The molecule has 0 aliphatic carbocycles. The predicted molar refractivity (Wildman–Crippen MR) is 127 cm³/mol. The Morgan fingerprint density at radius 1 is 1.00 bits per heavy atom. The maximum Gasteiger partial charge on any atom is 0.278 e. The second kappa shape index (κ2) is 9.10. The molecule has 0 N–H and O–H groups in total. The molecule has 0 bridgehead atoms. The number of rotatable bonds is 6. The van der Waals surface area contributed by atoms with Gasteiger partial charge >= 0.3 is 0 Å². The average Bonchev–Trinajstić information content (AvgIpc) is 3.32. The summed E-state index contributed by atoms with van der Waals surface area (Å²) in [6, 6.07) is 18.2. The molecule has 6 heteroatoms. The molecular weight excluding hydrogens is 400 g/mol. The van der Waals surface area contributed by atoms with Crippen LogP contribution in [0.5, 0.6) is 0 Å². The standard InChI is InChI=1S/C26H28N4O2/c1-28-19-21(22-10-5-6-11-24(22)28)18-23-26(31)30(13-7-12-29-14-16-32-17-15-29)25(27-23)20-8-3-2-4-9-20/h2-6,8-11,18-19H,7,12-17H2,1H3/b23-18-. The van der Waals surface area contributed by atoms with Gasteiger partial charge in [0, 0.05) is 61.5 Å².